The monoisotopic (exact) mass is 432 g/mol. The van der Waals surface area contributed by atoms with Crippen LogP contribution in [0.5, 0.6) is 5.75 Å². The summed E-state index contributed by atoms with van der Waals surface area (Å²) in [7, 11) is 0. The molecule has 1 saturated heterocycles. The minimum atomic E-state index is -0.630. The number of carbonyl (C=O) groups excluding carboxylic acids is 4. The number of benzene rings is 1. The number of amides is 2. The van der Waals surface area contributed by atoms with Crippen molar-refractivity contribution in [3.8, 4) is 5.75 Å². The molecular weight excluding hydrogens is 400 g/mol. The van der Waals surface area contributed by atoms with Crippen molar-refractivity contribution < 1.29 is 28.8 Å². The largest absolute Gasteiger partial charge is 0.494 e. The zero-order valence-corrected chi connectivity index (χ0v) is 18.7. The molecule has 1 heterocycles. The minimum Gasteiger partial charge on any atom is -0.494 e. The number of nitrogens with zero attached hydrogens (tertiary/aromatic N) is 1. The molecule has 170 valence electrons. The molecule has 0 bridgehead atoms. The van der Waals surface area contributed by atoms with Gasteiger partial charge in [-0.25, -0.2) is 4.79 Å². The van der Waals surface area contributed by atoms with E-state index in [1.165, 1.54) is 0 Å². The molecule has 2 rings (SSSR count). The number of carbonyl (C=O) groups is 4. The summed E-state index contributed by atoms with van der Waals surface area (Å²) in [6, 6.07) is 7.92. The van der Waals surface area contributed by atoms with Gasteiger partial charge in [0, 0.05) is 30.8 Å². The number of ketones is 1. The zero-order valence-electron chi connectivity index (χ0n) is 18.7. The van der Waals surface area contributed by atoms with Crippen LogP contribution in [0.2, 0.25) is 0 Å². The van der Waals surface area contributed by atoms with E-state index in [4.69, 9.17) is 9.57 Å². The first-order valence-corrected chi connectivity index (χ1v) is 10.6. The lowest BCUT2D eigenvalue weighted by atomic mass is 9.88. The second-order valence-electron chi connectivity index (χ2n) is 8.57. The molecule has 1 aliphatic heterocycles. The highest BCUT2D eigenvalue weighted by atomic mass is 16.7. The summed E-state index contributed by atoms with van der Waals surface area (Å²) < 4.78 is 5.72. The molecule has 8 nitrogen and oxygen atoms in total. The lowest BCUT2D eigenvalue weighted by Crippen LogP contribution is -2.39. The average Bonchev–Trinajstić information content (AvgIpc) is 3.02. The Kier molecular flexibility index (Phi) is 8.74. The molecular formula is C23H32N2O6. The Hall–Kier alpha value is -2.74. The zero-order chi connectivity index (χ0) is 23.0. The third-order valence-electron chi connectivity index (χ3n) is 5.28. The van der Waals surface area contributed by atoms with Crippen LogP contribution in [0, 0.1) is 5.41 Å². The second kappa shape index (κ2) is 11.0. The molecule has 0 radical (unpaired) electrons. The van der Waals surface area contributed by atoms with Crippen molar-refractivity contribution in [2.75, 3.05) is 13.2 Å². The van der Waals surface area contributed by atoms with Gasteiger partial charge in [-0.2, -0.15) is 0 Å². The Bertz CT molecular complexity index is 804. The third kappa shape index (κ3) is 7.79. The highest BCUT2D eigenvalue weighted by Gasteiger charge is 2.32. The van der Waals surface area contributed by atoms with Crippen LogP contribution in [-0.4, -0.2) is 47.8 Å². The van der Waals surface area contributed by atoms with Crippen molar-refractivity contribution in [2.45, 2.75) is 65.8 Å². The molecule has 31 heavy (non-hydrogen) atoms. The molecule has 1 atom stereocenters. The predicted molar refractivity (Wildman–Crippen MR) is 114 cm³/mol. The normalized spacial score (nSPS) is 15.2. The van der Waals surface area contributed by atoms with Gasteiger partial charge in [-0.1, -0.05) is 26.0 Å². The van der Waals surface area contributed by atoms with Crippen LogP contribution in [0.3, 0.4) is 0 Å². The van der Waals surface area contributed by atoms with Crippen molar-refractivity contribution in [3.05, 3.63) is 29.8 Å². The molecule has 0 aliphatic carbocycles. The molecule has 0 unspecified atom stereocenters. The van der Waals surface area contributed by atoms with Crippen molar-refractivity contribution in [1.29, 1.82) is 0 Å². The third-order valence-corrected chi connectivity index (χ3v) is 5.28. The second-order valence-corrected chi connectivity index (χ2v) is 8.57. The van der Waals surface area contributed by atoms with Gasteiger partial charge >= 0.3 is 5.97 Å². The van der Waals surface area contributed by atoms with Crippen molar-refractivity contribution in [3.63, 3.8) is 0 Å². The lowest BCUT2D eigenvalue weighted by molar-refractivity contribution is -0.197. The lowest BCUT2D eigenvalue weighted by Gasteiger charge is -2.24. The first-order valence-electron chi connectivity index (χ1n) is 10.6. The Balaban J connectivity index is 1.72. The Morgan fingerprint density at radius 3 is 2.52 bits per heavy atom. The molecule has 1 fully saturated rings. The van der Waals surface area contributed by atoms with Crippen LogP contribution in [0.25, 0.3) is 0 Å². The number of imide groups is 1. The van der Waals surface area contributed by atoms with Gasteiger partial charge in [-0.3, -0.25) is 14.4 Å². The van der Waals surface area contributed by atoms with Crippen LogP contribution in [0.4, 0.5) is 0 Å². The van der Waals surface area contributed by atoms with Gasteiger partial charge in [0.2, 0.25) is 0 Å². The topological polar surface area (TPSA) is 102 Å². The fourth-order valence-electron chi connectivity index (χ4n) is 2.95. The summed E-state index contributed by atoms with van der Waals surface area (Å²) in [5.74, 6) is -0.744. The van der Waals surface area contributed by atoms with E-state index in [0.717, 1.165) is 12.0 Å². The van der Waals surface area contributed by atoms with E-state index in [-0.39, 0.29) is 31.1 Å². The summed E-state index contributed by atoms with van der Waals surface area (Å²) in [6.07, 6.45) is 1.39. The maximum atomic E-state index is 11.8. The van der Waals surface area contributed by atoms with Crippen LogP contribution >= 0.6 is 0 Å². The van der Waals surface area contributed by atoms with Gasteiger partial charge in [0.15, 0.2) is 0 Å². The van der Waals surface area contributed by atoms with Gasteiger partial charge in [-0.05, 0) is 44.4 Å². The van der Waals surface area contributed by atoms with Crippen molar-refractivity contribution in [2.24, 2.45) is 5.41 Å². The molecule has 8 heteroatoms. The van der Waals surface area contributed by atoms with Gasteiger partial charge in [-0.15, -0.1) is 5.06 Å². The molecule has 0 aromatic heterocycles. The van der Waals surface area contributed by atoms with Gasteiger partial charge in [0.1, 0.15) is 11.5 Å². The van der Waals surface area contributed by atoms with E-state index in [1.807, 2.05) is 38.1 Å². The summed E-state index contributed by atoms with van der Waals surface area (Å²) in [4.78, 5) is 51.2. The quantitative estimate of drug-likeness (QED) is 0.400. The number of hydrogen-bond acceptors (Lipinski definition) is 7. The number of hydrogen-bond donors (Lipinski definition) is 1. The van der Waals surface area contributed by atoms with Crippen molar-refractivity contribution in [1.82, 2.24) is 10.4 Å². The molecule has 1 N–H and O–H groups in total. The van der Waals surface area contributed by atoms with Gasteiger partial charge in [0.05, 0.1) is 13.0 Å². The van der Waals surface area contributed by atoms with E-state index in [0.29, 0.717) is 30.4 Å². The van der Waals surface area contributed by atoms with E-state index in [1.54, 1.807) is 6.92 Å². The fraction of sp³-hybridized carbons (Fsp3) is 0.565. The molecule has 2 amide bonds. The molecule has 0 saturated carbocycles. The predicted octanol–water partition coefficient (Wildman–Crippen LogP) is 2.59. The SMILES string of the molecule is CC(=O)C(C)(C)CN[C@@H](C)Cc1cccc(OCCCC(=O)ON2C(=O)CCC2=O)c1. The van der Waals surface area contributed by atoms with E-state index in [9.17, 15) is 19.2 Å². The van der Waals surface area contributed by atoms with Crippen LogP contribution in [0.1, 0.15) is 58.9 Å². The number of ether oxygens (including phenoxy) is 1. The number of hydroxylamine groups is 2. The fourth-order valence-corrected chi connectivity index (χ4v) is 2.95. The van der Waals surface area contributed by atoms with Crippen LogP contribution in [0.15, 0.2) is 24.3 Å². The van der Waals surface area contributed by atoms with E-state index < -0.39 is 23.2 Å². The number of nitrogens with one attached hydrogen (secondary N) is 1. The first-order chi connectivity index (χ1) is 14.6. The smallest absolute Gasteiger partial charge is 0.333 e. The maximum absolute atomic E-state index is 11.8. The molecule has 1 aliphatic rings. The highest BCUT2D eigenvalue weighted by Crippen LogP contribution is 2.18. The minimum absolute atomic E-state index is 0.0453. The van der Waals surface area contributed by atoms with Crippen LogP contribution < -0.4 is 10.1 Å². The Morgan fingerprint density at radius 2 is 1.87 bits per heavy atom. The summed E-state index contributed by atoms with van der Waals surface area (Å²) >= 11 is 0. The summed E-state index contributed by atoms with van der Waals surface area (Å²) in [5, 5.41) is 3.96. The van der Waals surface area contributed by atoms with E-state index in [2.05, 4.69) is 12.2 Å². The summed E-state index contributed by atoms with van der Waals surface area (Å²) in [5.41, 5.74) is 0.707. The standard InChI is InChI=1S/C23H32N2O6/c1-16(24-15-23(3,4)17(2)26)13-18-7-5-8-19(14-18)30-12-6-9-22(29)31-25-20(27)10-11-21(25)28/h5,7-8,14,16,24H,6,9-13,15H2,1-4H3/t16-/m0/s1. The first kappa shape index (κ1) is 24.5. The van der Waals surface area contributed by atoms with Crippen molar-refractivity contribution >= 4 is 23.6 Å². The molecule has 1 aromatic rings. The molecule has 0 spiro atoms. The summed E-state index contributed by atoms with van der Waals surface area (Å²) in [6.45, 7) is 8.47. The van der Waals surface area contributed by atoms with Crippen LogP contribution in [-0.2, 0) is 30.4 Å². The Labute approximate surface area is 183 Å². The maximum Gasteiger partial charge on any atom is 0.333 e. The number of Topliss-reactive ketones (excluding diaryl/α,β-unsaturated/α-hetero) is 1. The van der Waals surface area contributed by atoms with Gasteiger partial charge in [0.25, 0.3) is 11.8 Å². The molecule has 1 aromatic carbocycles. The number of rotatable bonds is 12. The van der Waals surface area contributed by atoms with E-state index >= 15 is 0 Å². The van der Waals surface area contributed by atoms with Gasteiger partial charge < -0.3 is 14.9 Å². The average molecular weight is 433 g/mol. The highest BCUT2D eigenvalue weighted by molar-refractivity contribution is 6.01. The Morgan fingerprint density at radius 1 is 1.19 bits per heavy atom.